The minimum atomic E-state index is -0.458. The molecule has 2 atom stereocenters. The first-order valence-corrected chi connectivity index (χ1v) is 6.81. The lowest BCUT2D eigenvalue weighted by Gasteiger charge is -2.29. The summed E-state index contributed by atoms with van der Waals surface area (Å²) in [4.78, 5) is 14.0. The highest BCUT2D eigenvalue weighted by atomic mass is 16.1. The van der Waals surface area contributed by atoms with Crippen LogP contribution < -0.4 is 11.1 Å². The fourth-order valence-electron chi connectivity index (χ4n) is 2.80. The van der Waals surface area contributed by atoms with Gasteiger partial charge in [0.05, 0.1) is 5.54 Å². The predicted octanol–water partition coefficient (Wildman–Crippen LogP) is 1.10. The monoisotopic (exact) mass is 241 g/mol. The SMILES string of the molecule is CCCCN(C)C1CCC(NCC)(C(N)=O)C1. The van der Waals surface area contributed by atoms with E-state index in [4.69, 9.17) is 5.73 Å². The average molecular weight is 241 g/mol. The number of likely N-dealkylation sites (N-methyl/N-ethyl adjacent to an activating group) is 1. The molecule has 0 aromatic heterocycles. The number of nitrogens with two attached hydrogens (primary N) is 1. The van der Waals surface area contributed by atoms with E-state index in [1.54, 1.807) is 0 Å². The molecule has 2 unspecified atom stereocenters. The summed E-state index contributed by atoms with van der Waals surface area (Å²) in [5, 5.41) is 3.30. The molecule has 0 aliphatic heterocycles. The molecule has 0 spiro atoms. The summed E-state index contributed by atoms with van der Waals surface area (Å²) in [6, 6.07) is 0.494. The Kier molecular flexibility index (Phi) is 5.40. The first kappa shape index (κ1) is 14.5. The molecule has 0 aromatic rings. The molecule has 1 amide bonds. The van der Waals surface area contributed by atoms with Crippen molar-refractivity contribution in [3.8, 4) is 0 Å². The Labute approximate surface area is 105 Å². The number of unbranched alkanes of at least 4 members (excludes halogenated alkanes) is 1. The Balaban J connectivity index is 2.56. The second-order valence-corrected chi connectivity index (χ2v) is 5.21. The number of rotatable bonds is 7. The number of hydrogen-bond acceptors (Lipinski definition) is 3. The van der Waals surface area contributed by atoms with E-state index in [0.717, 1.165) is 32.4 Å². The molecular formula is C13H27N3O. The lowest BCUT2D eigenvalue weighted by Crippen LogP contribution is -2.54. The highest BCUT2D eigenvalue weighted by molar-refractivity contribution is 5.85. The maximum absolute atomic E-state index is 11.6. The van der Waals surface area contributed by atoms with Crippen molar-refractivity contribution in [2.45, 2.75) is 57.5 Å². The Morgan fingerprint density at radius 3 is 2.76 bits per heavy atom. The van der Waals surface area contributed by atoms with Crippen LogP contribution in [0.5, 0.6) is 0 Å². The molecule has 4 nitrogen and oxygen atoms in total. The predicted molar refractivity (Wildman–Crippen MR) is 70.8 cm³/mol. The quantitative estimate of drug-likeness (QED) is 0.702. The van der Waals surface area contributed by atoms with Crippen LogP contribution in [0.25, 0.3) is 0 Å². The number of amides is 1. The molecule has 1 aliphatic carbocycles. The van der Waals surface area contributed by atoms with E-state index >= 15 is 0 Å². The largest absolute Gasteiger partial charge is 0.368 e. The number of hydrogen-bond donors (Lipinski definition) is 2. The highest BCUT2D eigenvalue weighted by Gasteiger charge is 2.44. The van der Waals surface area contributed by atoms with Gasteiger partial charge in [-0.2, -0.15) is 0 Å². The van der Waals surface area contributed by atoms with E-state index in [2.05, 4.69) is 24.2 Å². The lowest BCUT2D eigenvalue weighted by atomic mass is 9.96. The highest BCUT2D eigenvalue weighted by Crippen LogP contribution is 2.32. The maximum atomic E-state index is 11.6. The van der Waals surface area contributed by atoms with Crippen LogP contribution in [0.4, 0.5) is 0 Å². The van der Waals surface area contributed by atoms with Crippen molar-refractivity contribution in [2.24, 2.45) is 5.73 Å². The Bertz CT molecular complexity index is 257. The molecule has 100 valence electrons. The number of nitrogens with one attached hydrogen (secondary N) is 1. The number of primary amides is 1. The summed E-state index contributed by atoms with van der Waals surface area (Å²) in [5.74, 6) is -0.189. The summed E-state index contributed by atoms with van der Waals surface area (Å²) >= 11 is 0. The molecule has 0 radical (unpaired) electrons. The third-order valence-corrected chi connectivity index (χ3v) is 3.96. The van der Waals surface area contributed by atoms with Crippen molar-refractivity contribution in [3.63, 3.8) is 0 Å². The van der Waals surface area contributed by atoms with Gasteiger partial charge < -0.3 is 16.0 Å². The van der Waals surface area contributed by atoms with Crippen molar-refractivity contribution in [1.82, 2.24) is 10.2 Å². The molecule has 0 aromatic carbocycles. The van der Waals surface area contributed by atoms with Crippen molar-refractivity contribution in [3.05, 3.63) is 0 Å². The molecule has 1 fully saturated rings. The van der Waals surface area contributed by atoms with Gasteiger partial charge in [0.1, 0.15) is 0 Å². The normalized spacial score (nSPS) is 28.8. The van der Waals surface area contributed by atoms with Gasteiger partial charge in [-0.05, 0) is 45.8 Å². The van der Waals surface area contributed by atoms with Crippen LogP contribution in [0.2, 0.25) is 0 Å². The molecular weight excluding hydrogens is 214 g/mol. The van der Waals surface area contributed by atoms with Gasteiger partial charge in [-0.3, -0.25) is 4.79 Å². The zero-order chi connectivity index (χ0) is 12.9. The van der Waals surface area contributed by atoms with Gasteiger partial charge in [-0.25, -0.2) is 0 Å². The third-order valence-electron chi connectivity index (χ3n) is 3.96. The van der Waals surface area contributed by atoms with Crippen LogP contribution in [0.15, 0.2) is 0 Å². The zero-order valence-corrected chi connectivity index (χ0v) is 11.5. The van der Waals surface area contributed by atoms with Crippen LogP contribution in [0.3, 0.4) is 0 Å². The molecule has 0 bridgehead atoms. The van der Waals surface area contributed by atoms with E-state index in [0.29, 0.717) is 6.04 Å². The van der Waals surface area contributed by atoms with E-state index in [9.17, 15) is 4.79 Å². The summed E-state index contributed by atoms with van der Waals surface area (Å²) in [6.07, 6.45) is 5.23. The topological polar surface area (TPSA) is 58.4 Å². The van der Waals surface area contributed by atoms with Crippen LogP contribution in [-0.4, -0.2) is 42.5 Å². The van der Waals surface area contributed by atoms with Gasteiger partial charge in [0.25, 0.3) is 0 Å². The number of carbonyl (C=O) groups is 1. The Morgan fingerprint density at radius 1 is 1.53 bits per heavy atom. The van der Waals surface area contributed by atoms with E-state index in [1.807, 2.05) is 6.92 Å². The fourth-order valence-corrected chi connectivity index (χ4v) is 2.80. The first-order valence-electron chi connectivity index (χ1n) is 6.81. The molecule has 1 aliphatic rings. The van der Waals surface area contributed by atoms with Gasteiger partial charge in [0, 0.05) is 6.04 Å². The van der Waals surface area contributed by atoms with Crippen LogP contribution >= 0.6 is 0 Å². The second-order valence-electron chi connectivity index (χ2n) is 5.21. The smallest absolute Gasteiger partial charge is 0.237 e. The Morgan fingerprint density at radius 2 is 2.24 bits per heavy atom. The minimum Gasteiger partial charge on any atom is -0.368 e. The third kappa shape index (κ3) is 3.42. The summed E-state index contributed by atoms with van der Waals surface area (Å²) in [6.45, 7) is 6.14. The second kappa shape index (κ2) is 6.36. The van der Waals surface area contributed by atoms with Crippen molar-refractivity contribution in [1.29, 1.82) is 0 Å². The summed E-state index contributed by atoms with van der Waals surface area (Å²) in [5.41, 5.74) is 5.10. The van der Waals surface area contributed by atoms with Gasteiger partial charge >= 0.3 is 0 Å². The van der Waals surface area contributed by atoms with Gasteiger partial charge in [-0.15, -0.1) is 0 Å². The molecule has 1 saturated carbocycles. The van der Waals surface area contributed by atoms with Gasteiger partial charge in [-0.1, -0.05) is 20.3 Å². The standard InChI is InChI=1S/C13H27N3O/c1-4-6-9-16(3)11-7-8-13(10-11,12(14)17)15-5-2/h11,15H,4-10H2,1-3H3,(H2,14,17). The molecule has 17 heavy (non-hydrogen) atoms. The lowest BCUT2D eigenvalue weighted by molar-refractivity contribution is -0.124. The molecule has 0 heterocycles. The molecule has 1 rings (SSSR count). The van der Waals surface area contributed by atoms with E-state index < -0.39 is 5.54 Å². The molecule has 4 heteroatoms. The molecule has 0 saturated heterocycles. The van der Waals surface area contributed by atoms with Gasteiger partial charge in [0.15, 0.2) is 0 Å². The fraction of sp³-hybridized carbons (Fsp3) is 0.923. The average Bonchev–Trinajstić information content (AvgIpc) is 2.72. The Hall–Kier alpha value is -0.610. The van der Waals surface area contributed by atoms with Crippen molar-refractivity contribution in [2.75, 3.05) is 20.1 Å². The van der Waals surface area contributed by atoms with E-state index in [-0.39, 0.29) is 5.91 Å². The summed E-state index contributed by atoms with van der Waals surface area (Å²) in [7, 11) is 2.16. The van der Waals surface area contributed by atoms with Crippen LogP contribution in [-0.2, 0) is 4.79 Å². The maximum Gasteiger partial charge on any atom is 0.237 e. The number of carbonyl (C=O) groups excluding carboxylic acids is 1. The molecule has 3 N–H and O–H groups in total. The number of nitrogens with zero attached hydrogens (tertiary/aromatic N) is 1. The van der Waals surface area contributed by atoms with Gasteiger partial charge in [0.2, 0.25) is 5.91 Å². The van der Waals surface area contributed by atoms with Crippen LogP contribution in [0, 0.1) is 0 Å². The minimum absolute atomic E-state index is 0.189. The zero-order valence-electron chi connectivity index (χ0n) is 11.5. The van der Waals surface area contributed by atoms with Crippen molar-refractivity contribution >= 4 is 5.91 Å². The van der Waals surface area contributed by atoms with E-state index in [1.165, 1.54) is 12.8 Å². The van der Waals surface area contributed by atoms with Crippen LogP contribution in [0.1, 0.15) is 46.0 Å². The summed E-state index contributed by atoms with van der Waals surface area (Å²) < 4.78 is 0. The first-order chi connectivity index (χ1) is 8.05. The van der Waals surface area contributed by atoms with Crippen molar-refractivity contribution < 1.29 is 4.79 Å².